The number of aliphatic hydroxyl groups is 1. The fraction of sp³-hybridized carbons (Fsp3) is 0.500. The molecule has 0 aromatic heterocycles. The van der Waals surface area contributed by atoms with E-state index in [4.69, 9.17) is 5.11 Å². The molecule has 1 rings (SSSR count). The molecule has 2 N–H and O–H groups in total. The topological polar surface area (TPSA) is 49.3 Å². The van der Waals surface area contributed by atoms with Gasteiger partial charge in [-0.2, -0.15) is 0 Å². The van der Waals surface area contributed by atoms with Crippen molar-refractivity contribution in [1.82, 2.24) is 5.32 Å². The molecular formula is C14H19BrFNO2. The van der Waals surface area contributed by atoms with Crippen molar-refractivity contribution in [3.05, 3.63) is 34.1 Å². The van der Waals surface area contributed by atoms with E-state index in [-0.39, 0.29) is 36.7 Å². The Morgan fingerprint density at radius 2 is 2.16 bits per heavy atom. The molecule has 5 heteroatoms. The molecule has 1 aromatic rings. The van der Waals surface area contributed by atoms with Gasteiger partial charge in [-0.3, -0.25) is 4.79 Å². The van der Waals surface area contributed by atoms with Gasteiger partial charge >= 0.3 is 0 Å². The number of hydrogen-bond donors (Lipinski definition) is 2. The van der Waals surface area contributed by atoms with E-state index in [1.165, 1.54) is 6.07 Å². The van der Waals surface area contributed by atoms with E-state index in [2.05, 4.69) is 21.2 Å². The summed E-state index contributed by atoms with van der Waals surface area (Å²) in [7, 11) is 0. The van der Waals surface area contributed by atoms with Crippen molar-refractivity contribution in [3.63, 3.8) is 0 Å². The van der Waals surface area contributed by atoms with E-state index in [9.17, 15) is 9.18 Å². The largest absolute Gasteiger partial charge is 0.396 e. The number of amides is 1. The number of aryl methyl sites for hydroxylation is 1. The van der Waals surface area contributed by atoms with Crippen molar-refractivity contribution in [2.45, 2.75) is 32.7 Å². The maximum Gasteiger partial charge on any atom is 0.220 e. The lowest BCUT2D eigenvalue weighted by molar-refractivity contribution is -0.122. The fourth-order valence-electron chi connectivity index (χ4n) is 1.60. The molecule has 0 aliphatic carbocycles. The number of benzene rings is 1. The molecule has 0 radical (unpaired) electrons. The van der Waals surface area contributed by atoms with E-state index in [0.717, 1.165) is 0 Å². The summed E-state index contributed by atoms with van der Waals surface area (Å²) in [6.45, 7) is 3.74. The SMILES string of the molecule is CC(CO)C(C)NC(=O)CCc1ccc(Br)cc1F. The van der Waals surface area contributed by atoms with Crippen LogP contribution in [-0.2, 0) is 11.2 Å². The monoisotopic (exact) mass is 331 g/mol. The van der Waals surface area contributed by atoms with Gasteiger partial charge in [-0.1, -0.05) is 28.9 Å². The Morgan fingerprint density at radius 1 is 1.47 bits per heavy atom. The third kappa shape index (κ3) is 5.28. The average molecular weight is 332 g/mol. The van der Waals surface area contributed by atoms with E-state index in [1.54, 1.807) is 12.1 Å². The summed E-state index contributed by atoms with van der Waals surface area (Å²) >= 11 is 3.19. The molecule has 0 saturated carbocycles. The van der Waals surface area contributed by atoms with Crippen molar-refractivity contribution in [2.75, 3.05) is 6.61 Å². The van der Waals surface area contributed by atoms with Crippen LogP contribution in [0.4, 0.5) is 4.39 Å². The highest BCUT2D eigenvalue weighted by atomic mass is 79.9. The first-order valence-corrected chi connectivity index (χ1v) is 7.07. The summed E-state index contributed by atoms with van der Waals surface area (Å²) in [5.74, 6) is -0.428. The van der Waals surface area contributed by atoms with Gasteiger partial charge in [0.1, 0.15) is 5.82 Å². The Kier molecular flexibility index (Phi) is 6.45. The van der Waals surface area contributed by atoms with Crippen LogP contribution >= 0.6 is 15.9 Å². The minimum absolute atomic E-state index is 0.00775. The zero-order valence-electron chi connectivity index (χ0n) is 11.1. The van der Waals surface area contributed by atoms with Crippen LogP contribution in [0.3, 0.4) is 0 Å². The number of halogens is 2. The predicted octanol–water partition coefficient (Wildman–Crippen LogP) is 2.65. The molecule has 0 heterocycles. The molecule has 0 spiro atoms. The van der Waals surface area contributed by atoms with Gasteiger partial charge in [0, 0.05) is 23.5 Å². The lowest BCUT2D eigenvalue weighted by Gasteiger charge is -2.19. The van der Waals surface area contributed by atoms with Gasteiger partial charge in [-0.05, 0) is 37.0 Å². The summed E-state index contributed by atoms with van der Waals surface area (Å²) in [6.07, 6.45) is 0.603. The Hall–Kier alpha value is -0.940. The molecule has 1 aromatic carbocycles. The first kappa shape index (κ1) is 16.1. The molecule has 2 unspecified atom stereocenters. The van der Waals surface area contributed by atoms with Gasteiger partial charge in [0.05, 0.1) is 0 Å². The van der Waals surface area contributed by atoms with E-state index in [1.807, 2.05) is 13.8 Å². The van der Waals surface area contributed by atoms with Gasteiger partial charge in [-0.15, -0.1) is 0 Å². The van der Waals surface area contributed by atoms with E-state index < -0.39 is 0 Å². The van der Waals surface area contributed by atoms with E-state index >= 15 is 0 Å². The van der Waals surface area contributed by atoms with Crippen LogP contribution in [0, 0.1) is 11.7 Å². The highest BCUT2D eigenvalue weighted by molar-refractivity contribution is 9.10. The molecule has 1 amide bonds. The van der Waals surface area contributed by atoms with Crippen molar-refractivity contribution in [2.24, 2.45) is 5.92 Å². The second kappa shape index (κ2) is 7.60. The molecule has 0 fully saturated rings. The van der Waals surface area contributed by atoms with Crippen molar-refractivity contribution < 1.29 is 14.3 Å². The fourth-order valence-corrected chi connectivity index (χ4v) is 1.93. The lowest BCUT2D eigenvalue weighted by atomic mass is 10.0. The van der Waals surface area contributed by atoms with Gasteiger partial charge in [0.25, 0.3) is 0 Å². The van der Waals surface area contributed by atoms with Gasteiger partial charge < -0.3 is 10.4 Å². The third-order valence-electron chi connectivity index (χ3n) is 3.17. The Balaban J connectivity index is 2.46. The molecule has 2 atom stereocenters. The average Bonchev–Trinajstić information content (AvgIpc) is 2.36. The second-order valence-electron chi connectivity index (χ2n) is 4.75. The summed E-state index contributed by atoms with van der Waals surface area (Å²) < 4.78 is 14.2. The third-order valence-corrected chi connectivity index (χ3v) is 3.66. The van der Waals surface area contributed by atoms with Gasteiger partial charge in [0.15, 0.2) is 0 Å². The summed E-state index contributed by atoms with van der Waals surface area (Å²) in [4.78, 5) is 11.7. The van der Waals surface area contributed by atoms with Gasteiger partial charge in [0.2, 0.25) is 5.91 Å². The smallest absolute Gasteiger partial charge is 0.220 e. The molecule has 0 aliphatic heterocycles. The Morgan fingerprint density at radius 3 is 2.74 bits per heavy atom. The van der Waals surface area contributed by atoms with Crippen LogP contribution in [0.15, 0.2) is 22.7 Å². The maximum atomic E-state index is 13.6. The summed E-state index contributed by atoms with van der Waals surface area (Å²) in [6, 6.07) is 4.73. The molecule has 3 nitrogen and oxygen atoms in total. The number of aliphatic hydroxyl groups excluding tert-OH is 1. The zero-order valence-corrected chi connectivity index (χ0v) is 12.7. The number of nitrogens with one attached hydrogen (secondary N) is 1. The molecule has 106 valence electrons. The molecule has 0 bridgehead atoms. The molecule has 19 heavy (non-hydrogen) atoms. The van der Waals surface area contributed by atoms with Crippen molar-refractivity contribution in [3.8, 4) is 0 Å². The molecule has 0 aliphatic rings. The van der Waals surface area contributed by atoms with Crippen LogP contribution in [0.1, 0.15) is 25.8 Å². The van der Waals surface area contributed by atoms with Crippen LogP contribution in [0.5, 0.6) is 0 Å². The predicted molar refractivity (Wildman–Crippen MR) is 76.3 cm³/mol. The molecular weight excluding hydrogens is 313 g/mol. The Bertz CT molecular complexity index is 439. The highest BCUT2D eigenvalue weighted by Crippen LogP contribution is 2.16. The summed E-state index contributed by atoms with van der Waals surface area (Å²) in [5.41, 5.74) is 0.529. The number of rotatable bonds is 6. The van der Waals surface area contributed by atoms with Crippen molar-refractivity contribution >= 4 is 21.8 Å². The normalized spacial score (nSPS) is 13.9. The first-order chi connectivity index (χ1) is 8.93. The number of hydrogen-bond acceptors (Lipinski definition) is 2. The Labute approximate surface area is 121 Å². The zero-order chi connectivity index (χ0) is 14.4. The second-order valence-corrected chi connectivity index (χ2v) is 5.67. The van der Waals surface area contributed by atoms with Gasteiger partial charge in [-0.25, -0.2) is 4.39 Å². The van der Waals surface area contributed by atoms with Crippen LogP contribution < -0.4 is 5.32 Å². The van der Waals surface area contributed by atoms with E-state index in [0.29, 0.717) is 16.5 Å². The standard InChI is InChI=1S/C14H19BrFNO2/c1-9(8-18)10(2)17-14(19)6-4-11-3-5-12(15)7-13(11)16/h3,5,7,9-10,18H,4,6,8H2,1-2H3,(H,17,19). The number of carbonyl (C=O) groups excluding carboxylic acids is 1. The van der Waals surface area contributed by atoms with Crippen LogP contribution in [-0.4, -0.2) is 23.7 Å². The van der Waals surface area contributed by atoms with Crippen LogP contribution in [0.2, 0.25) is 0 Å². The maximum absolute atomic E-state index is 13.6. The first-order valence-electron chi connectivity index (χ1n) is 6.28. The minimum atomic E-state index is -0.307. The summed E-state index contributed by atoms with van der Waals surface area (Å²) in [5, 5.41) is 11.8. The lowest BCUT2D eigenvalue weighted by Crippen LogP contribution is -2.38. The quantitative estimate of drug-likeness (QED) is 0.841. The number of carbonyl (C=O) groups is 1. The van der Waals surface area contributed by atoms with Crippen molar-refractivity contribution in [1.29, 1.82) is 0 Å². The van der Waals surface area contributed by atoms with Crippen LogP contribution in [0.25, 0.3) is 0 Å². The minimum Gasteiger partial charge on any atom is -0.396 e. The highest BCUT2D eigenvalue weighted by Gasteiger charge is 2.14. The molecule has 0 saturated heterocycles.